The lowest BCUT2D eigenvalue weighted by molar-refractivity contribution is -0.123. The van der Waals surface area contributed by atoms with Gasteiger partial charge in [0.15, 0.2) is 0 Å². The molecule has 4 heterocycles. The number of hydrogen-bond donors (Lipinski definition) is 6. The van der Waals surface area contributed by atoms with Crippen molar-refractivity contribution in [1.29, 1.82) is 0 Å². The summed E-state index contributed by atoms with van der Waals surface area (Å²) in [6, 6.07) is 46.7. The summed E-state index contributed by atoms with van der Waals surface area (Å²) in [5.74, 6) is 0.0766. The molecule has 0 fully saturated rings. The number of para-hydroxylation sites is 2. The Bertz CT molecular complexity index is 3900. The Morgan fingerprint density at radius 1 is 0.468 bits per heavy atom. The van der Waals surface area contributed by atoms with Crippen molar-refractivity contribution in [2.24, 2.45) is 0 Å². The zero-order chi connectivity index (χ0) is 66.3. The van der Waals surface area contributed by atoms with E-state index in [4.69, 9.17) is 9.47 Å². The first-order valence-corrected chi connectivity index (χ1v) is 32.5. The van der Waals surface area contributed by atoms with Gasteiger partial charge in [0, 0.05) is 62.3 Å². The number of hydrogen-bond acceptors (Lipinski definition) is 14. The molecule has 0 aliphatic carbocycles. The fraction of sp³-hybridized carbons (Fsp3) is 0.361. The van der Waals surface area contributed by atoms with E-state index in [1.54, 1.807) is 32.9 Å². The number of nitrogens with one attached hydrogen (secondary N) is 6. The average molecular weight is 1280 g/mol. The highest BCUT2D eigenvalue weighted by molar-refractivity contribution is 6.02. The molecule has 0 unspecified atom stereocenters. The van der Waals surface area contributed by atoms with Crippen LogP contribution >= 0.6 is 0 Å². The fourth-order valence-corrected chi connectivity index (χ4v) is 11.7. The SMILES string of the molecule is CCCCC(=O)N1Cc2ccccc2-c2c(nnn2-c2cccc(COC(=O)NCCCC[C@H](NC)C(=O)NC)c2)-c2ccccc21.CCCCC(=O)N1Cc2ccccc2-c2nnn(-c3cccc(COC(=O)NCCCC[C@H](NC)C(=O)NC)c3)c2-c2ccccc21. The second-order valence-corrected chi connectivity index (χ2v) is 23.2. The number of carbonyl (C=O) groups excluding carboxylic acids is 6. The van der Waals surface area contributed by atoms with Crippen LogP contribution in [0.25, 0.3) is 56.4 Å². The van der Waals surface area contributed by atoms with Gasteiger partial charge in [-0.3, -0.25) is 19.2 Å². The summed E-state index contributed by atoms with van der Waals surface area (Å²) in [6.45, 7) is 6.13. The maximum atomic E-state index is 13.6. The Morgan fingerprint density at radius 3 is 1.36 bits per heavy atom. The highest BCUT2D eigenvalue weighted by Crippen LogP contribution is 2.44. The van der Waals surface area contributed by atoms with Crippen LogP contribution in [-0.4, -0.2) is 119 Å². The molecule has 22 heteroatoms. The Kier molecular flexibility index (Phi) is 24.7. The number of aromatic nitrogens is 6. The third-order valence-electron chi connectivity index (χ3n) is 16.8. The summed E-state index contributed by atoms with van der Waals surface area (Å²) in [6.07, 6.45) is 7.87. The van der Waals surface area contributed by atoms with Crippen molar-refractivity contribution in [2.45, 2.75) is 129 Å². The first-order valence-electron chi connectivity index (χ1n) is 32.5. The molecular formula is C72H86N14O8. The molecule has 22 nitrogen and oxygen atoms in total. The summed E-state index contributed by atoms with van der Waals surface area (Å²) in [5.41, 5.74) is 13.4. The van der Waals surface area contributed by atoms with Crippen LogP contribution in [0, 0.1) is 0 Å². The topological polar surface area (TPSA) is 261 Å². The minimum Gasteiger partial charge on any atom is -0.445 e. The molecule has 2 aromatic heterocycles. The van der Waals surface area contributed by atoms with Crippen molar-refractivity contribution in [3.05, 3.63) is 168 Å². The highest BCUT2D eigenvalue weighted by atomic mass is 16.6. The third kappa shape index (κ3) is 17.0. The lowest BCUT2D eigenvalue weighted by atomic mass is 9.95. The number of amides is 6. The summed E-state index contributed by atoms with van der Waals surface area (Å²) >= 11 is 0. The number of alkyl carbamates (subject to hydrolysis) is 2. The van der Waals surface area contributed by atoms with Gasteiger partial charge < -0.3 is 51.2 Å². The first-order chi connectivity index (χ1) is 45.9. The molecule has 6 N–H and O–H groups in total. The van der Waals surface area contributed by atoms with Crippen molar-refractivity contribution in [2.75, 3.05) is 51.1 Å². The van der Waals surface area contributed by atoms with Gasteiger partial charge in [-0.05, 0) is 124 Å². The van der Waals surface area contributed by atoms with Gasteiger partial charge in [0.25, 0.3) is 0 Å². The second kappa shape index (κ2) is 34.0. The van der Waals surface area contributed by atoms with E-state index in [2.05, 4.69) is 66.4 Å². The maximum Gasteiger partial charge on any atom is 0.407 e. The standard InChI is InChI=1S/2C36H43N7O4/c1-4-5-20-32(44)42-23-26-14-6-7-16-28(26)34-33(29-17-8-9-19-31(29)42)40-41-43(34)27-15-12-13-25(22-27)24-47-36(46)39-21-11-10-18-30(37-2)35(45)38-3;1-4-5-20-32(44)42-23-26-14-6-7-16-28(26)33-34(29-17-8-9-19-31(29)42)43(41-40-33)27-15-12-13-25(22-27)24-47-36(46)39-21-11-10-18-30(37-2)35(45)38-3/h2*6-9,12-17,19,22,30,37H,4-5,10-11,18,20-21,23-24H2,1-3H3,(H,38,45)(H,39,46)/t2*30-/m00/s1. The van der Waals surface area contributed by atoms with E-state index in [1.165, 1.54) is 0 Å². The van der Waals surface area contributed by atoms with Gasteiger partial charge in [0.2, 0.25) is 23.6 Å². The largest absolute Gasteiger partial charge is 0.445 e. The van der Waals surface area contributed by atoms with Crippen molar-refractivity contribution in [1.82, 2.24) is 61.9 Å². The smallest absolute Gasteiger partial charge is 0.407 e. The quantitative estimate of drug-likeness (QED) is 0.0276. The monoisotopic (exact) mass is 1270 g/mol. The maximum absolute atomic E-state index is 13.6. The number of carbonyl (C=O) groups is 6. The Labute approximate surface area is 549 Å². The molecule has 0 radical (unpaired) electrons. The number of fused-ring (bicyclic) bond motifs is 10. The average Bonchev–Trinajstić information content (AvgIpc) is 1.54. The molecule has 10 rings (SSSR count). The van der Waals surface area contributed by atoms with Crippen molar-refractivity contribution in [3.8, 4) is 56.4 Å². The molecule has 2 aliphatic heterocycles. The number of benzene rings is 6. The highest BCUT2D eigenvalue weighted by Gasteiger charge is 2.32. The number of likely N-dealkylation sites (N-methyl/N-ethyl adjacent to an activating group) is 4. The van der Waals surface area contributed by atoms with Crippen LogP contribution in [0.3, 0.4) is 0 Å². The van der Waals surface area contributed by atoms with E-state index in [-0.39, 0.29) is 48.9 Å². The van der Waals surface area contributed by atoms with E-state index in [0.717, 1.165) is 136 Å². The molecule has 0 saturated carbocycles. The predicted molar refractivity (Wildman–Crippen MR) is 364 cm³/mol. The van der Waals surface area contributed by atoms with Gasteiger partial charge in [-0.1, -0.05) is 146 Å². The Balaban J connectivity index is 0.000000221. The molecule has 0 saturated heterocycles. The molecule has 8 aromatic rings. The molecule has 492 valence electrons. The van der Waals surface area contributed by atoms with Crippen LogP contribution in [0.2, 0.25) is 0 Å². The van der Waals surface area contributed by atoms with Gasteiger partial charge in [-0.2, -0.15) is 0 Å². The van der Waals surface area contributed by atoms with Crippen molar-refractivity contribution in [3.63, 3.8) is 0 Å². The summed E-state index contributed by atoms with van der Waals surface area (Å²) in [7, 11) is 6.75. The molecule has 0 spiro atoms. The number of anilines is 2. The molecule has 2 aliphatic rings. The van der Waals surface area contributed by atoms with E-state index in [1.807, 2.05) is 160 Å². The van der Waals surface area contributed by atoms with Gasteiger partial charge in [0.1, 0.15) is 36.0 Å². The van der Waals surface area contributed by atoms with Gasteiger partial charge in [0.05, 0.1) is 47.9 Å². The van der Waals surface area contributed by atoms with E-state index in [9.17, 15) is 28.8 Å². The number of nitrogens with zero attached hydrogens (tertiary/aromatic N) is 8. The lowest BCUT2D eigenvalue weighted by Gasteiger charge is -2.28. The van der Waals surface area contributed by atoms with Crippen LogP contribution in [0.15, 0.2) is 146 Å². The second-order valence-electron chi connectivity index (χ2n) is 23.2. The fourth-order valence-electron chi connectivity index (χ4n) is 11.7. The van der Waals surface area contributed by atoms with E-state index < -0.39 is 12.2 Å². The van der Waals surface area contributed by atoms with Gasteiger partial charge in [-0.25, -0.2) is 19.0 Å². The third-order valence-corrected chi connectivity index (χ3v) is 16.8. The summed E-state index contributed by atoms with van der Waals surface area (Å²) in [4.78, 5) is 79.3. The Morgan fingerprint density at radius 2 is 0.883 bits per heavy atom. The van der Waals surface area contributed by atoms with Crippen LogP contribution in [0.5, 0.6) is 0 Å². The van der Waals surface area contributed by atoms with Crippen molar-refractivity contribution < 1.29 is 38.2 Å². The van der Waals surface area contributed by atoms with Crippen LogP contribution in [0.4, 0.5) is 21.0 Å². The summed E-state index contributed by atoms with van der Waals surface area (Å²) in [5, 5.41) is 35.4. The zero-order valence-corrected chi connectivity index (χ0v) is 54.6. The van der Waals surface area contributed by atoms with E-state index >= 15 is 0 Å². The van der Waals surface area contributed by atoms with Crippen LogP contribution < -0.4 is 41.7 Å². The minimum absolute atomic E-state index is 0.0467. The zero-order valence-electron chi connectivity index (χ0n) is 54.6. The number of ether oxygens (including phenoxy) is 2. The normalized spacial score (nSPS) is 12.5. The molecular weight excluding hydrogens is 1190 g/mol. The number of rotatable bonds is 26. The first kappa shape index (κ1) is 68.3. The molecule has 2 atom stereocenters. The number of unbranched alkanes of at least 4 members (excludes halogenated alkanes) is 4. The van der Waals surface area contributed by atoms with Crippen LogP contribution in [0.1, 0.15) is 113 Å². The molecule has 6 amide bonds. The lowest BCUT2D eigenvalue weighted by Crippen LogP contribution is -2.41. The molecule has 0 bridgehead atoms. The Hall–Kier alpha value is -10.1. The molecule has 94 heavy (non-hydrogen) atoms. The van der Waals surface area contributed by atoms with Crippen LogP contribution in [-0.2, 0) is 55.0 Å². The summed E-state index contributed by atoms with van der Waals surface area (Å²) < 4.78 is 14.6. The predicted octanol–water partition coefficient (Wildman–Crippen LogP) is 10.7. The molecule has 6 aromatic carbocycles. The van der Waals surface area contributed by atoms with Gasteiger partial charge in [-0.15, -0.1) is 10.2 Å². The minimum atomic E-state index is -0.504. The van der Waals surface area contributed by atoms with Gasteiger partial charge >= 0.3 is 12.2 Å². The van der Waals surface area contributed by atoms with Crippen molar-refractivity contribution >= 4 is 47.2 Å². The van der Waals surface area contributed by atoms with E-state index in [0.29, 0.717) is 57.6 Å².